The summed E-state index contributed by atoms with van der Waals surface area (Å²) in [6, 6.07) is 0. The smallest absolute Gasteiger partial charge is 0.163 e. The summed E-state index contributed by atoms with van der Waals surface area (Å²) < 4.78 is 0. The van der Waals surface area contributed by atoms with Crippen molar-refractivity contribution in [2.24, 2.45) is 5.92 Å². The zero-order valence-electron chi connectivity index (χ0n) is 16.1. The van der Waals surface area contributed by atoms with Gasteiger partial charge in [0.15, 0.2) is 5.78 Å². The number of rotatable bonds is 17. The first kappa shape index (κ1) is 22.6. The van der Waals surface area contributed by atoms with Gasteiger partial charge in [-0.05, 0) is 6.42 Å². The normalized spacial score (nSPS) is 12.7. The Morgan fingerprint density at radius 1 is 0.696 bits per heavy atom. The van der Waals surface area contributed by atoms with E-state index in [-0.39, 0.29) is 11.7 Å². The van der Waals surface area contributed by atoms with Gasteiger partial charge >= 0.3 is 0 Å². The Morgan fingerprint density at radius 2 is 1.04 bits per heavy atom. The molecule has 1 N–H and O–H groups in total. The van der Waals surface area contributed by atoms with Crippen molar-refractivity contribution >= 4 is 5.78 Å². The van der Waals surface area contributed by atoms with Gasteiger partial charge in [0.1, 0.15) is 6.10 Å². The minimum atomic E-state index is -0.729. The Kier molecular flexibility index (Phi) is 16.2. The molecule has 0 radical (unpaired) electrons. The number of aliphatic hydroxyl groups excluding tert-OH is 1. The Balaban J connectivity index is 3.18. The van der Waals surface area contributed by atoms with Crippen LogP contribution in [-0.2, 0) is 4.79 Å². The van der Waals surface area contributed by atoms with E-state index in [1.165, 1.54) is 77.0 Å². The molecule has 23 heavy (non-hydrogen) atoms. The van der Waals surface area contributed by atoms with Crippen molar-refractivity contribution in [3.05, 3.63) is 0 Å². The molecule has 0 fully saturated rings. The maximum absolute atomic E-state index is 11.6. The van der Waals surface area contributed by atoms with Gasteiger partial charge in [-0.15, -0.1) is 0 Å². The average molecular weight is 327 g/mol. The van der Waals surface area contributed by atoms with Crippen LogP contribution in [0.4, 0.5) is 0 Å². The van der Waals surface area contributed by atoms with Crippen LogP contribution >= 0.6 is 0 Å². The molecule has 0 aromatic rings. The van der Waals surface area contributed by atoms with E-state index in [0.29, 0.717) is 6.42 Å². The van der Waals surface area contributed by atoms with Crippen molar-refractivity contribution in [2.75, 3.05) is 0 Å². The highest BCUT2D eigenvalue weighted by Crippen LogP contribution is 2.14. The van der Waals surface area contributed by atoms with Gasteiger partial charge in [-0.3, -0.25) is 4.79 Å². The van der Waals surface area contributed by atoms with Crippen molar-refractivity contribution in [2.45, 2.75) is 123 Å². The lowest BCUT2D eigenvalue weighted by molar-refractivity contribution is -0.130. The first-order valence-electron chi connectivity index (χ1n) is 10.3. The number of hydrogen-bond acceptors (Lipinski definition) is 2. The Hall–Kier alpha value is -0.370. The number of unbranched alkanes of at least 4 members (excludes halogenated alkanes) is 13. The van der Waals surface area contributed by atoms with Gasteiger partial charge in [0.05, 0.1) is 0 Å². The number of carbonyl (C=O) groups excluding carboxylic acids is 1. The fourth-order valence-corrected chi connectivity index (χ4v) is 3.06. The summed E-state index contributed by atoms with van der Waals surface area (Å²) in [5, 5.41) is 9.73. The predicted molar refractivity (Wildman–Crippen MR) is 101 cm³/mol. The average Bonchev–Trinajstić information content (AvgIpc) is 2.54. The monoisotopic (exact) mass is 326 g/mol. The summed E-state index contributed by atoms with van der Waals surface area (Å²) >= 11 is 0. The van der Waals surface area contributed by atoms with Gasteiger partial charge in [-0.2, -0.15) is 0 Å². The van der Waals surface area contributed by atoms with Gasteiger partial charge in [0.25, 0.3) is 0 Å². The number of hydrogen-bond donors (Lipinski definition) is 1. The molecule has 0 rings (SSSR count). The van der Waals surface area contributed by atoms with E-state index in [4.69, 9.17) is 0 Å². The van der Waals surface area contributed by atoms with E-state index in [0.717, 1.165) is 12.8 Å². The van der Waals surface area contributed by atoms with Gasteiger partial charge in [-0.25, -0.2) is 0 Å². The predicted octanol–water partition coefficient (Wildman–Crippen LogP) is 6.44. The summed E-state index contributed by atoms with van der Waals surface area (Å²) in [5.74, 6) is -0.0451. The maximum Gasteiger partial charge on any atom is 0.163 e. The maximum atomic E-state index is 11.6. The minimum Gasteiger partial charge on any atom is -0.385 e. The molecule has 138 valence electrons. The SMILES string of the molecule is CCCCCCCCCCCCCCCCC(O)C(=O)C(C)C. The van der Waals surface area contributed by atoms with Crippen molar-refractivity contribution in [1.29, 1.82) is 0 Å². The second-order valence-corrected chi connectivity index (χ2v) is 7.46. The van der Waals surface area contributed by atoms with Gasteiger partial charge in [0.2, 0.25) is 0 Å². The molecule has 0 bridgehead atoms. The first-order valence-corrected chi connectivity index (χ1v) is 10.3. The molecule has 0 amide bonds. The highest BCUT2D eigenvalue weighted by atomic mass is 16.3. The van der Waals surface area contributed by atoms with E-state index in [2.05, 4.69) is 6.92 Å². The van der Waals surface area contributed by atoms with Crippen LogP contribution in [0.3, 0.4) is 0 Å². The molecule has 1 unspecified atom stereocenters. The third-order valence-electron chi connectivity index (χ3n) is 4.73. The number of carbonyl (C=O) groups is 1. The molecule has 0 heterocycles. The molecule has 0 aliphatic rings. The van der Waals surface area contributed by atoms with Gasteiger partial charge in [-0.1, -0.05) is 111 Å². The second-order valence-electron chi connectivity index (χ2n) is 7.46. The molecule has 1 atom stereocenters. The highest BCUT2D eigenvalue weighted by molar-refractivity contribution is 5.84. The van der Waals surface area contributed by atoms with Crippen LogP contribution in [0.2, 0.25) is 0 Å². The highest BCUT2D eigenvalue weighted by Gasteiger charge is 2.17. The number of aliphatic hydroxyl groups is 1. The molecule has 2 nitrogen and oxygen atoms in total. The van der Waals surface area contributed by atoms with Crippen molar-refractivity contribution in [3.8, 4) is 0 Å². The molecule has 0 saturated heterocycles. The Morgan fingerprint density at radius 3 is 1.39 bits per heavy atom. The van der Waals surface area contributed by atoms with Crippen LogP contribution in [0.5, 0.6) is 0 Å². The van der Waals surface area contributed by atoms with Crippen LogP contribution in [0.25, 0.3) is 0 Å². The van der Waals surface area contributed by atoms with E-state index in [9.17, 15) is 9.90 Å². The molecular weight excluding hydrogens is 284 g/mol. The van der Waals surface area contributed by atoms with Crippen LogP contribution in [-0.4, -0.2) is 17.0 Å². The van der Waals surface area contributed by atoms with Gasteiger partial charge < -0.3 is 5.11 Å². The Bertz CT molecular complexity index is 261. The zero-order valence-corrected chi connectivity index (χ0v) is 16.1. The van der Waals surface area contributed by atoms with Crippen LogP contribution in [0, 0.1) is 5.92 Å². The summed E-state index contributed by atoms with van der Waals surface area (Å²) in [5.41, 5.74) is 0. The van der Waals surface area contributed by atoms with Crippen molar-refractivity contribution in [1.82, 2.24) is 0 Å². The third kappa shape index (κ3) is 14.9. The molecule has 0 aliphatic carbocycles. The zero-order chi connectivity index (χ0) is 17.3. The molecule has 0 aromatic carbocycles. The second kappa shape index (κ2) is 16.5. The van der Waals surface area contributed by atoms with Crippen LogP contribution in [0.15, 0.2) is 0 Å². The molecule has 0 aromatic heterocycles. The summed E-state index contributed by atoms with van der Waals surface area (Å²) in [6.45, 7) is 5.99. The first-order chi connectivity index (χ1) is 11.1. The van der Waals surface area contributed by atoms with Gasteiger partial charge in [0, 0.05) is 5.92 Å². The van der Waals surface area contributed by atoms with Crippen LogP contribution < -0.4 is 0 Å². The summed E-state index contributed by atoms with van der Waals surface area (Å²) in [7, 11) is 0. The molecule has 2 heteroatoms. The van der Waals surface area contributed by atoms with E-state index in [1.54, 1.807) is 0 Å². The molecule has 0 aliphatic heterocycles. The number of Topliss-reactive ketones (excluding diaryl/α,β-unsaturated/α-hetero) is 1. The molecule has 0 saturated carbocycles. The fourth-order valence-electron chi connectivity index (χ4n) is 3.06. The van der Waals surface area contributed by atoms with Crippen molar-refractivity contribution in [3.63, 3.8) is 0 Å². The number of ketones is 1. The standard InChI is InChI=1S/C21H42O2/c1-4-5-6-7-8-9-10-11-12-13-14-15-16-17-18-20(22)21(23)19(2)3/h19-20,22H,4-18H2,1-3H3. The van der Waals surface area contributed by atoms with Crippen LogP contribution in [0.1, 0.15) is 117 Å². The summed E-state index contributed by atoms with van der Waals surface area (Å²) in [4.78, 5) is 11.6. The minimum absolute atomic E-state index is 0.000283. The largest absolute Gasteiger partial charge is 0.385 e. The van der Waals surface area contributed by atoms with E-state index in [1.807, 2.05) is 13.8 Å². The Labute approximate surface area is 145 Å². The lowest BCUT2D eigenvalue weighted by Crippen LogP contribution is -2.24. The quantitative estimate of drug-likeness (QED) is 0.312. The molecule has 0 spiro atoms. The fraction of sp³-hybridized carbons (Fsp3) is 0.952. The summed E-state index contributed by atoms with van der Waals surface area (Å²) in [6.07, 6.45) is 18.6. The van der Waals surface area contributed by atoms with E-state index >= 15 is 0 Å². The van der Waals surface area contributed by atoms with E-state index < -0.39 is 6.10 Å². The lowest BCUT2D eigenvalue weighted by atomic mass is 9.98. The lowest BCUT2D eigenvalue weighted by Gasteiger charge is -2.11. The third-order valence-corrected chi connectivity index (χ3v) is 4.73. The molecular formula is C21H42O2. The topological polar surface area (TPSA) is 37.3 Å². The van der Waals surface area contributed by atoms with Crippen molar-refractivity contribution < 1.29 is 9.90 Å².